The van der Waals surface area contributed by atoms with Crippen molar-refractivity contribution in [2.45, 2.75) is 16.6 Å². The van der Waals surface area contributed by atoms with Crippen molar-refractivity contribution in [1.82, 2.24) is 0 Å². The molecule has 0 radical (unpaired) electrons. The van der Waals surface area contributed by atoms with E-state index in [1.54, 1.807) is 0 Å². The van der Waals surface area contributed by atoms with Crippen molar-refractivity contribution in [3.8, 4) is 0 Å². The summed E-state index contributed by atoms with van der Waals surface area (Å²) in [6.07, 6.45) is -4.99. The van der Waals surface area contributed by atoms with Gasteiger partial charge < -0.3 is 10.3 Å². The molecule has 0 aromatic heterocycles. The van der Waals surface area contributed by atoms with Crippen LogP contribution in [0.25, 0.3) is 0 Å². The van der Waals surface area contributed by atoms with Crippen molar-refractivity contribution in [2.75, 3.05) is 0 Å². The topological polar surface area (TPSA) is 66.2 Å². The van der Waals surface area contributed by atoms with Gasteiger partial charge in [0.1, 0.15) is 0 Å². The number of rotatable bonds is 2. The number of primary amides is 1. The van der Waals surface area contributed by atoms with Gasteiger partial charge in [-0.2, -0.15) is 13.2 Å². The first kappa shape index (κ1) is 15.6. The van der Waals surface area contributed by atoms with Crippen LogP contribution < -0.4 is 5.73 Å². The van der Waals surface area contributed by atoms with Gasteiger partial charge in [-0.3, -0.25) is 4.79 Å². The fourth-order valence-corrected chi connectivity index (χ4v) is 1.88. The highest BCUT2D eigenvalue weighted by Gasteiger charge is 2.47. The Balaban J connectivity index is 3.41. The standard InChI is InChI=1S/C9H5F6NO2S/c10-8(11,12)5-1-4(7(16)17)2-6(3-5)19(18)9(13,14)15/h1-3H,(H2,16,17). The highest BCUT2D eigenvalue weighted by molar-refractivity contribution is 7.92. The molecular weight excluding hydrogens is 300 g/mol. The molecule has 0 aliphatic carbocycles. The van der Waals surface area contributed by atoms with Crippen LogP contribution in [0.15, 0.2) is 23.1 Å². The van der Waals surface area contributed by atoms with Crippen LogP contribution in [0.5, 0.6) is 0 Å². The largest absolute Gasteiger partial charge is 0.604 e. The Morgan fingerprint density at radius 3 is 2.00 bits per heavy atom. The molecule has 1 unspecified atom stereocenters. The number of halogens is 6. The Morgan fingerprint density at radius 1 is 1.11 bits per heavy atom. The minimum atomic E-state index is -5.24. The first-order valence-corrected chi connectivity index (χ1v) is 5.58. The van der Waals surface area contributed by atoms with E-state index in [4.69, 9.17) is 5.73 Å². The van der Waals surface area contributed by atoms with E-state index in [-0.39, 0.29) is 6.07 Å². The molecule has 1 aromatic carbocycles. The molecule has 0 aliphatic rings. The molecule has 1 amide bonds. The highest BCUT2D eigenvalue weighted by Crippen LogP contribution is 2.35. The molecule has 0 aliphatic heterocycles. The molecule has 0 bridgehead atoms. The third kappa shape index (κ3) is 3.77. The molecule has 0 fully saturated rings. The average molecular weight is 305 g/mol. The van der Waals surface area contributed by atoms with Crippen molar-refractivity contribution in [3.05, 3.63) is 29.3 Å². The van der Waals surface area contributed by atoms with E-state index in [2.05, 4.69) is 0 Å². The lowest BCUT2D eigenvalue weighted by atomic mass is 10.1. The zero-order valence-electron chi connectivity index (χ0n) is 8.80. The molecule has 0 saturated heterocycles. The summed E-state index contributed by atoms with van der Waals surface area (Å²) < 4.78 is 84.9. The smallest absolute Gasteiger partial charge is 0.578 e. The Kier molecular flexibility index (Phi) is 4.06. The molecule has 19 heavy (non-hydrogen) atoms. The van der Waals surface area contributed by atoms with E-state index >= 15 is 0 Å². The number of amides is 1. The first-order valence-electron chi connectivity index (χ1n) is 4.43. The van der Waals surface area contributed by atoms with Gasteiger partial charge in [0.15, 0.2) is 4.90 Å². The van der Waals surface area contributed by atoms with Crippen LogP contribution in [0.3, 0.4) is 0 Å². The van der Waals surface area contributed by atoms with E-state index in [1.165, 1.54) is 0 Å². The van der Waals surface area contributed by atoms with Crippen molar-refractivity contribution >= 4 is 17.1 Å². The van der Waals surface area contributed by atoms with Crippen LogP contribution in [0.1, 0.15) is 15.9 Å². The molecule has 106 valence electrons. The third-order valence-electron chi connectivity index (χ3n) is 1.94. The normalized spacial score (nSPS) is 14.3. The maximum Gasteiger partial charge on any atom is 0.578 e. The van der Waals surface area contributed by atoms with E-state index in [0.29, 0.717) is 12.1 Å². The Bertz CT molecular complexity index is 498. The maximum absolute atomic E-state index is 12.4. The molecule has 3 nitrogen and oxygen atoms in total. The summed E-state index contributed by atoms with van der Waals surface area (Å²) in [5, 5.41) is 0. The lowest BCUT2D eigenvalue weighted by Gasteiger charge is -2.15. The lowest BCUT2D eigenvalue weighted by molar-refractivity contribution is -0.137. The Hall–Kier alpha value is -1.42. The van der Waals surface area contributed by atoms with E-state index < -0.39 is 44.8 Å². The van der Waals surface area contributed by atoms with Gasteiger partial charge >= 0.3 is 11.7 Å². The predicted molar refractivity (Wildman–Crippen MR) is 52.4 cm³/mol. The minimum absolute atomic E-state index is 0.0655. The fourth-order valence-electron chi connectivity index (χ4n) is 1.15. The second-order valence-corrected chi connectivity index (χ2v) is 4.79. The number of carbonyl (C=O) groups excluding carboxylic acids is 1. The summed E-state index contributed by atoms with van der Waals surface area (Å²) in [5.74, 6) is -1.36. The summed E-state index contributed by atoms with van der Waals surface area (Å²) in [7, 11) is 0. The first-order chi connectivity index (χ1) is 8.43. The summed E-state index contributed by atoms with van der Waals surface area (Å²) in [6, 6.07) is 0.774. The number of benzene rings is 1. The average Bonchev–Trinajstić information content (AvgIpc) is 2.24. The van der Waals surface area contributed by atoms with Crippen molar-refractivity contribution in [2.24, 2.45) is 5.73 Å². The van der Waals surface area contributed by atoms with E-state index in [9.17, 15) is 35.7 Å². The third-order valence-corrected chi connectivity index (χ3v) is 3.03. The molecule has 10 heteroatoms. The zero-order valence-corrected chi connectivity index (χ0v) is 9.62. The summed E-state index contributed by atoms with van der Waals surface area (Å²) in [5.41, 5.74) is -2.85. The van der Waals surface area contributed by atoms with E-state index in [1.807, 2.05) is 0 Å². The van der Waals surface area contributed by atoms with Gasteiger partial charge in [-0.25, -0.2) is 0 Å². The quantitative estimate of drug-likeness (QED) is 0.673. The fraction of sp³-hybridized carbons (Fsp3) is 0.222. The summed E-state index contributed by atoms with van der Waals surface area (Å²) in [4.78, 5) is 9.60. The van der Waals surface area contributed by atoms with Gasteiger partial charge in [-0.1, -0.05) is 0 Å². The second kappa shape index (κ2) is 4.93. The van der Waals surface area contributed by atoms with Crippen LogP contribution in [0.2, 0.25) is 0 Å². The molecule has 0 heterocycles. The molecule has 2 N–H and O–H groups in total. The van der Waals surface area contributed by atoms with Crippen molar-refractivity contribution in [3.63, 3.8) is 0 Å². The number of alkyl halides is 6. The number of nitrogens with two attached hydrogens (primary N) is 1. The lowest BCUT2D eigenvalue weighted by Crippen LogP contribution is -2.24. The van der Waals surface area contributed by atoms with Crippen LogP contribution in [0.4, 0.5) is 26.3 Å². The predicted octanol–water partition coefficient (Wildman–Crippen LogP) is 2.43. The van der Waals surface area contributed by atoms with Gasteiger partial charge in [0, 0.05) is 17.7 Å². The van der Waals surface area contributed by atoms with Crippen molar-refractivity contribution < 1.29 is 35.7 Å². The SMILES string of the molecule is NC(=O)c1cc([S+]([O-])C(F)(F)F)cc(C(F)(F)F)c1. The van der Waals surface area contributed by atoms with Gasteiger partial charge in [-0.15, -0.1) is 13.2 Å². The molecule has 1 aromatic rings. The molecule has 1 atom stereocenters. The van der Waals surface area contributed by atoms with Crippen LogP contribution in [0, 0.1) is 0 Å². The number of carbonyl (C=O) groups is 1. The second-order valence-electron chi connectivity index (χ2n) is 3.32. The van der Waals surface area contributed by atoms with Gasteiger partial charge in [-0.05, 0) is 6.07 Å². The highest BCUT2D eigenvalue weighted by atomic mass is 32.2. The summed E-state index contributed by atoms with van der Waals surface area (Å²) in [6.45, 7) is 0. The number of hydrogen-bond acceptors (Lipinski definition) is 2. The zero-order chi connectivity index (χ0) is 15.0. The minimum Gasteiger partial charge on any atom is -0.604 e. The summed E-state index contributed by atoms with van der Waals surface area (Å²) >= 11 is -3.68. The van der Waals surface area contributed by atoms with Crippen molar-refractivity contribution in [1.29, 1.82) is 0 Å². The van der Waals surface area contributed by atoms with Crippen LogP contribution in [-0.2, 0) is 17.4 Å². The monoisotopic (exact) mass is 305 g/mol. The number of hydrogen-bond donors (Lipinski definition) is 1. The maximum atomic E-state index is 12.4. The van der Waals surface area contributed by atoms with Crippen LogP contribution >= 0.6 is 0 Å². The Labute approximate surface area is 105 Å². The molecule has 1 rings (SSSR count). The Morgan fingerprint density at radius 2 is 1.63 bits per heavy atom. The van der Waals surface area contributed by atoms with Gasteiger partial charge in [0.2, 0.25) is 5.91 Å². The van der Waals surface area contributed by atoms with E-state index in [0.717, 1.165) is 0 Å². The van der Waals surface area contributed by atoms with Gasteiger partial charge in [0.25, 0.3) is 0 Å². The molecular formula is C9H5F6NO2S. The van der Waals surface area contributed by atoms with Gasteiger partial charge in [0.05, 0.1) is 16.7 Å². The van der Waals surface area contributed by atoms with Crippen LogP contribution in [-0.4, -0.2) is 16.0 Å². The molecule has 0 spiro atoms. The molecule has 0 saturated carbocycles.